The van der Waals surface area contributed by atoms with Crippen molar-refractivity contribution in [2.75, 3.05) is 16.1 Å². The highest BCUT2D eigenvalue weighted by molar-refractivity contribution is 8.02. The van der Waals surface area contributed by atoms with Gasteiger partial charge in [-0.3, -0.25) is 4.79 Å². The molecule has 2 aromatic heterocycles. The van der Waals surface area contributed by atoms with Crippen molar-refractivity contribution in [1.82, 2.24) is 15.2 Å². The number of hydrogen-bond acceptors (Lipinski definition) is 8. The summed E-state index contributed by atoms with van der Waals surface area (Å²) >= 11 is 3.12. The van der Waals surface area contributed by atoms with E-state index >= 15 is 0 Å². The average Bonchev–Trinajstić information content (AvgIpc) is 3.34. The molecule has 0 atom stereocenters. The molecule has 0 fully saturated rings. The normalized spacial score (nSPS) is 13.7. The Morgan fingerprint density at radius 2 is 2.26 bits per heavy atom. The Morgan fingerprint density at radius 3 is 3.00 bits per heavy atom. The van der Waals surface area contributed by atoms with Crippen LogP contribution in [0.15, 0.2) is 38.9 Å². The number of nitrogens with one attached hydrogen (secondary N) is 2. The van der Waals surface area contributed by atoms with E-state index in [9.17, 15) is 9.59 Å². The molecule has 0 aliphatic carbocycles. The lowest BCUT2D eigenvalue weighted by Gasteiger charge is -2.21. The first-order valence-corrected chi connectivity index (χ1v) is 9.88. The van der Waals surface area contributed by atoms with E-state index in [1.54, 1.807) is 11.8 Å². The van der Waals surface area contributed by atoms with Gasteiger partial charge in [0.2, 0.25) is 11.8 Å². The van der Waals surface area contributed by atoms with E-state index in [0.717, 1.165) is 27.8 Å². The van der Waals surface area contributed by atoms with Crippen molar-refractivity contribution in [1.29, 1.82) is 0 Å². The van der Waals surface area contributed by atoms with E-state index in [1.165, 1.54) is 18.3 Å². The fraction of sp³-hybridized carbons (Fsp3) is 0.176. The van der Waals surface area contributed by atoms with E-state index in [4.69, 9.17) is 4.42 Å². The number of carbonyl (C=O) groups is 1. The molecule has 138 valence electrons. The molecule has 10 heteroatoms. The van der Waals surface area contributed by atoms with Crippen LogP contribution in [-0.4, -0.2) is 27.0 Å². The van der Waals surface area contributed by atoms with Crippen LogP contribution in [0.3, 0.4) is 0 Å². The standard InChI is InChI=1S/C17H15N5O3S2/c1-9-14(27-16(18-9)19-10(2)23)13-7-26-8-22(13)12-5-3-4-11(6-12)15-20-21-17(24)25-15/h3-7H,8H2,1-2H3,(H,21,24)(H,18,19,23). The molecule has 0 saturated carbocycles. The second kappa shape index (κ2) is 7.05. The van der Waals surface area contributed by atoms with Crippen LogP contribution in [0.2, 0.25) is 0 Å². The lowest BCUT2D eigenvalue weighted by Crippen LogP contribution is -2.16. The van der Waals surface area contributed by atoms with Crippen LogP contribution in [0.1, 0.15) is 17.5 Å². The number of amides is 1. The first kappa shape index (κ1) is 17.6. The van der Waals surface area contributed by atoms with Gasteiger partial charge in [-0.25, -0.2) is 14.9 Å². The molecule has 8 nitrogen and oxygen atoms in total. The molecule has 27 heavy (non-hydrogen) atoms. The van der Waals surface area contributed by atoms with Gasteiger partial charge in [0.15, 0.2) is 5.13 Å². The average molecular weight is 401 g/mol. The number of nitrogens with zero attached hydrogens (tertiary/aromatic N) is 3. The minimum atomic E-state index is -0.585. The van der Waals surface area contributed by atoms with Crippen LogP contribution in [0, 0.1) is 6.92 Å². The minimum Gasteiger partial charge on any atom is -0.388 e. The van der Waals surface area contributed by atoms with Gasteiger partial charge in [-0.15, -0.1) is 16.9 Å². The van der Waals surface area contributed by atoms with Gasteiger partial charge >= 0.3 is 5.76 Å². The highest BCUT2D eigenvalue weighted by atomic mass is 32.2. The number of thioether (sulfide) groups is 1. The zero-order valence-corrected chi connectivity index (χ0v) is 16.1. The van der Waals surface area contributed by atoms with Gasteiger partial charge in [-0.2, -0.15) is 0 Å². The number of anilines is 2. The monoisotopic (exact) mass is 401 g/mol. The van der Waals surface area contributed by atoms with Gasteiger partial charge in [0.1, 0.15) is 0 Å². The summed E-state index contributed by atoms with van der Waals surface area (Å²) in [7, 11) is 0. The molecular weight excluding hydrogens is 386 g/mol. The van der Waals surface area contributed by atoms with Crippen molar-refractivity contribution >= 4 is 45.5 Å². The maximum atomic E-state index is 11.3. The number of carbonyl (C=O) groups excluding carboxylic acids is 1. The molecule has 1 aliphatic heterocycles. The van der Waals surface area contributed by atoms with Crippen molar-refractivity contribution in [3.63, 3.8) is 0 Å². The van der Waals surface area contributed by atoms with Gasteiger partial charge in [0.25, 0.3) is 0 Å². The predicted octanol–water partition coefficient (Wildman–Crippen LogP) is 3.26. The third-order valence-corrected chi connectivity index (χ3v) is 5.74. The van der Waals surface area contributed by atoms with Crippen molar-refractivity contribution in [3.8, 4) is 11.5 Å². The van der Waals surface area contributed by atoms with Crippen LogP contribution < -0.4 is 16.0 Å². The molecule has 2 N–H and O–H groups in total. The van der Waals surface area contributed by atoms with Crippen LogP contribution in [0.25, 0.3) is 17.2 Å². The summed E-state index contributed by atoms with van der Waals surface area (Å²) in [5.41, 5.74) is 3.54. The Balaban J connectivity index is 1.67. The summed E-state index contributed by atoms with van der Waals surface area (Å²) in [6, 6.07) is 7.63. The largest absolute Gasteiger partial charge is 0.434 e. The van der Waals surface area contributed by atoms with Gasteiger partial charge in [-0.05, 0) is 30.5 Å². The summed E-state index contributed by atoms with van der Waals surface area (Å²) in [4.78, 5) is 30.1. The van der Waals surface area contributed by atoms with E-state index in [-0.39, 0.29) is 11.8 Å². The van der Waals surface area contributed by atoms with Gasteiger partial charge < -0.3 is 14.6 Å². The smallest absolute Gasteiger partial charge is 0.388 e. The Kier molecular flexibility index (Phi) is 4.58. The van der Waals surface area contributed by atoms with Crippen molar-refractivity contribution in [2.45, 2.75) is 13.8 Å². The van der Waals surface area contributed by atoms with Gasteiger partial charge in [0.05, 0.1) is 22.1 Å². The SMILES string of the molecule is CC(=O)Nc1nc(C)c(C2=CSCN2c2cccc(-c3n[nH]c(=O)o3)c2)s1. The number of aromatic nitrogens is 3. The molecule has 3 heterocycles. The molecule has 1 amide bonds. The Hall–Kier alpha value is -2.85. The van der Waals surface area contributed by atoms with Crippen molar-refractivity contribution < 1.29 is 9.21 Å². The number of thiazole rings is 1. The van der Waals surface area contributed by atoms with Crippen LogP contribution in [-0.2, 0) is 4.79 Å². The first-order valence-electron chi connectivity index (χ1n) is 8.02. The summed E-state index contributed by atoms with van der Waals surface area (Å²) < 4.78 is 5.05. The van der Waals surface area contributed by atoms with Crippen LogP contribution in [0.5, 0.6) is 0 Å². The van der Waals surface area contributed by atoms with Crippen LogP contribution in [0.4, 0.5) is 10.8 Å². The number of benzene rings is 1. The molecular formula is C17H15N5O3S2. The number of rotatable bonds is 4. The maximum Gasteiger partial charge on any atom is 0.434 e. The topological polar surface area (TPSA) is 104 Å². The summed E-state index contributed by atoms with van der Waals surface area (Å²) in [5, 5.41) is 11.6. The number of hydrogen-bond donors (Lipinski definition) is 2. The molecule has 4 rings (SSSR count). The number of aromatic amines is 1. The Bertz CT molecular complexity index is 1100. The molecule has 0 bridgehead atoms. The minimum absolute atomic E-state index is 0.143. The molecule has 0 radical (unpaired) electrons. The van der Waals surface area contributed by atoms with E-state index in [2.05, 4.69) is 30.8 Å². The summed E-state index contributed by atoms with van der Waals surface area (Å²) in [6.45, 7) is 3.39. The van der Waals surface area contributed by atoms with E-state index < -0.39 is 5.76 Å². The predicted molar refractivity (Wildman–Crippen MR) is 107 cm³/mol. The molecule has 0 spiro atoms. The number of H-pyrrole nitrogens is 1. The zero-order valence-electron chi connectivity index (χ0n) is 14.5. The molecule has 3 aromatic rings. The molecule has 1 aliphatic rings. The lowest BCUT2D eigenvalue weighted by molar-refractivity contribution is -0.114. The Morgan fingerprint density at radius 1 is 1.41 bits per heavy atom. The van der Waals surface area contributed by atoms with Crippen molar-refractivity contribution in [3.05, 3.63) is 50.8 Å². The molecule has 0 saturated heterocycles. The van der Waals surface area contributed by atoms with E-state index in [1.807, 2.05) is 31.2 Å². The van der Waals surface area contributed by atoms with Crippen molar-refractivity contribution in [2.24, 2.45) is 0 Å². The van der Waals surface area contributed by atoms with E-state index in [0.29, 0.717) is 10.7 Å². The van der Waals surface area contributed by atoms with Gasteiger partial charge in [-0.1, -0.05) is 17.4 Å². The highest BCUT2D eigenvalue weighted by Crippen LogP contribution is 2.40. The summed E-state index contributed by atoms with van der Waals surface area (Å²) in [6.07, 6.45) is 0. The third kappa shape index (κ3) is 3.53. The highest BCUT2D eigenvalue weighted by Gasteiger charge is 2.24. The molecule has 1 aromatic carbocycles. The second-order valence-corrected chi connectivity index (χ2v) is 7.64. The third-order valence-electron chi connectivity index (χ3n) is 3.84. The van der Waals surface area contributed by atoms with Gasteiger partial charge in [0, 0.05) is 18.2 Å². The quantitative estimate of drug-likeness (QED) is 0.691. The fourth-order valence-electron chi connectivity index (χ4n) is 2.71. The lowest BCUT2D eigenvalue weighted by atomic mass is 10.1. The van der Waals surface area contributed by atoms with Crippen LogP contribution >= 0.6 is 23.1 Å². The Labute approximate surface area is 162 Å². The maximum absolute atomic E-state index is 11.3. The first-order chi connectivity index (χ1) is 13.0. The zero-order chi connectivity index (χ0) is 19.0. The number of aryl methyl sites for hydroxylation is 1. The fourth-order valence-corrected chi connectivity index (χ4v) is 4.74. The second-order valence-electron chi connectivity index (χ2n) is 5.81. The summed E-state index contributed by atoms with van der Waals surface area (Å²) in [5.74, 6) is 0.269. The molecule has 0 unspecified atom stereocenters.